The lowest BCUT2D eigenvalue weighted by Gasteiger charge is -1.78. The van der Waals surface area contributed by atoms with Gasteiger partial charge in [0.1, 0.15) is 6.20 Å². The normalized spacial score (nSPS) is 10.2. The summed E-state index contributed by atoms with van der Waals surface area (Å²) in [5.41, 5.74) is 2.43. The van der Waals surface area contributed by atoms with E-state index in [9.17, 15) is 0 Å². The van der Waals surface area contributed by atoms with Crippen molar-refractivity contribution < 1.29 is 0 Å². The molecule has 43 valence electrons. The summed E-state index contributed by atoms with van der Waals surface area (Å²) in [4.78, 5) is 12.6. The van der Waals surface area contributed by atoms with Crippen molar-refractivity contribution in [1.82, 2.24) is 15.0 Å². The van der Waals surface area contributed by atoms with Gasteiger partial charge in [0.15, 0.2) is 10.5 Å². The highest BCUT2D eigenvalue weighted by Crippen LogP contribution is 2.09. The van der Waals surface area contributed by atoms with Gasteiger partial charge >= 0.3 is 0 Å². The van der Waals surface area contributed by atoms with Crippen LogP contribution >= 0.6 is 11.3 Å². The summed E-state index contributed by atoms with van der Waals surface area (Å²) in [5, 5.41) is 0. The van der Waals surface area contributed by atoms with Crippen molar-refractivity contribution in [2.45, 2.75) is 0 Å². The first-order valence-electron chi connectivity index (χ1n) is 2.39. The van der Waals surface area contributed by atoms with E-state index in [1.807, 2.05) is 0 Å². The Kier molecular flexibility index (Phi) is 0.927. The number of nitrogens with zero attached hydrogens (tertiary/aromatic N) is 3. The number of rotatable bonds is 0. The fourth-order valence-corrected chi connectivity index (χ4v) is 1.15. The van der Waals surface area contributed by atoms with E-state index in [1.54, 1.807) is 5.51 Å². The molecule has 0 atom stereocenters. The number of thiazole rings is 1. The highest BCUT2D eigenvalue weighted by Gasteiger charge is 1.93. The molecule has 0 bridgehead atoms. The van der Waals surface area contributed by atoms with Crippen LogP contribution in [0, 0.1) is 6.20 Å². The van der Waals surface area contributed by atoms with Gasteiger partial charge in [-0.2, -0.15) is 0 Å². The molecule has 0 saturated heterocycles. The van der Waals surface area contributed by atoms with Crippen LogP contribution in [0.5, 0.6) is 0 Å². The molecule has 0 aliphatic carbocycles. The smallest absolute Gasteiger partial charge is 0.189 e. The molecule has 0 aliphatic heterocycles. The summed E-state index contributed by atoms with van der Waals surface area (Å²) in [6.45, 7) is 0. The molecule has 4 heteroatoms. The van der Waals surface area contributed by atoms with Gasteiger partial charge in [-0.05, 0) is 0 Å². The maximum absolute atomic E-state index is 3.94. The molecule has 0 unspecified atom stereocenters. The minimum Gasteiger partial charge on any atom is -0.232 e. The molecule has 0 amide bonds. The van der Waals surface area contributed by atoms with E-state index in [2.05, 4.69) is 21.1 Å². The number of aromatic nitrogens is 3. The molecular weight excluding hydrogens is 134 g/mol. The lowest BCUT2D eigenvalue weighted by molar-refractivity contribution is 1.25. The highest BCUT2D eigenvalue weighted by atomic mass is 32.1. The fraction of sp³-hybridized carbons (Fsp3) is 0. The minimum atomic E-state index is 0.707. The molecule has 0 fully saturated rings. The molecule has 1 radical (unpaired) electrons. The van der Waals surface area contributed by atoms with Crippen molar-refractivity contribution >= 4 is 21.8 Å². The Morgan fingerprint density at radius 1 is 1.44 bits per heavy atom. The predicted octanol–water partition coefficient (Wildman–Crippen LogP) is 0.886. The van der Waals surface area contributed by atoms with E-state index in [0.717, 1.165) is 4.83 Å². The Labute approximate surface area is 55.4 Å². The molecule has 2 aromatic heterocycles. The van der Waals surface area contributed by atoms with E-state index >= 15 is 0 Å². The zero-order valence-electron chi connectivity index (χ0n) is 4.40. The molecule has 0 N–H and O–H groups in total. The van der Waals surface area contributed by atoms with Gasteiger partial charge in [0.05, 0.1) is 11.7 Å². The highest BCUT2D eigenvalue weighted by molar-refractivity contribution is 7.16. The Hall–Kier alpha value is -1.03. The van der Waals surface area contributed by atoms with Crippen LogP contribution in [0.1, 0.15) is 0 Å². The maximum atomic E-state index is 3.94. The lowest BCUT2D eigenvalue weighted by atomic mass is 10.7. The van der Waals surface area contributed by atoms with Crippen molar-refractivity contribution in [3.05, 3.63) is 17.9 Å². The molecule has 2 rings (SSSR count). The van der Waals surface area contributed by atoms with Gasteiger partial charge in [-0.15, -0.1) is 11.3 Å². The zero-order chi connectivity index (χ0) is 6.10. The Balaban J connectivity index is 2.95. The average Bonchev–Trinajstić information content (AvgIpc) is 2.33. The summed E-state index contributed by atoms with van der Waals surface area (Å²) < 4.78 is 0. The average molecular weight is 136 g/mol. The molecule has 0 aliphatic rings. The van der Waals surface area contributed by atoms with Crippen LogP contribution in [-0.4, -0.2) is 15.0 Å². The Morgan fingerprint density at radius 2 is 2.44 bits per heavy atom. The largest absolute Gasteiger partial charge is 0.232 e. The number of fused-ring (bicyclic) bond motifs is 1. The van der Waals surface area contributed by atoms with Gasteiger partial charge in [-0.25, -0.2) is 15.0 Å². The predicted molar refractivity (Wildman–Crippen MR) is 34.0 cm³/mol. The molecule has 0 aromatic carbocycles. The van der Waals surface area contributed by atoms with Crippen LogP contribution in [-0.2, 0) is 0 Å². The first-order valence-corrected chi connectivity index (χ1v) is 3.27. The summed E-state index contributed by atoms with van der Waals surface area (Å²) in [7, 11) is 0. The first kappa shape index (κ1) is 4.81. The quantitative estimate of drug-likeness (QED) is 0.539. The maximum Gasteiger partial charge on any atom is 0.189 e. The third-order valence-electron chi connectivity index (χ3n) is 0.941. The summed E-state index contributed by atoms with van der Waals surface area (Å²) in [6, 6.07) is 0. The van der Waals surface area contributed by atoms with Crippen molar-refractivity contribution in [2.24, 2.45) is 0 Å². The molecule has 3 nitrogen and oxygen atoms in total. The summed E-state index contributed by atoms with van der Waals surface area (Å²) in [6.07, 6.45) is 4.15. The first-order chi connectivity index (χ1) is 4.47. The topological polar surface area (TPSA) is 38.7 Å². The lowest BCUT2D eigenvalue weighted by Crippen LogP contribution is -1.75. The number of hydrogen-bond acceptors (Lipinski definition) is 4. The molecule has 0 saturated carbocycles. The standard InChI is InChI=1S/C5H2N3S/c1-2-7-5-4(6-1)8-3-9-5/h1,3H. The monoisotopic (exact) mass is 136 g/mol. The van der Waals surface area contributed by atoms with Gasteiger partial charge < -0.3 is 0 Å². The Bertz CT molecular complexity index is 286. The van der Waals surface area contributed by atoms with Crippen LogP contribution in [0.15, 0.2) is 11.7 Å². The second kappa shape index (κ2) is 1.73. The van der Waals surface area contributed by atoms with E-state index < -0.39 is 0 Å². The van der Waals surface area contributed by atoms with Gasteiger partial charge in [-0.1, -0.05) is 0 Å². The van der Waals surface area contributed by atoms with E-state index in [1.165, 1.54) is 17.5 Å². The minimum absolute atomic E-state index is 0.707. The second-order valence-corrected chi connectivity index (χ2v) is 2.31. The van der Waals surface area contributed by atoms with Crippen LogP contribution in [0.4, 0.5) is 0 Å². The van der Waals surface area contributed by atoms with Crippen molar-refractivity contribution in [1.29, 1.82) is 0 Å². The van der Waals surface area contributed by atoms with Gasteiger partial charge in [0.2, 0.25) is 0 Å². The Morgan fingerprint density at radius 3 is 3.33 bits per heavy atom. The van der Waals surface area contributed by atoms with Crippen molar-refractivity contribution in [3.8, 4) is 0 Å². The molecule has 9 heavy (non-hydrogen) atoms. The van der Waals surface area contributed by atoms with Gasteiger partial charge in [0, 0.05) is 0 Å². The van der Waals surface area contributed by atoms with Gasteiger partial charge in [-0.3, -0.25) is 0 Å². The van der Waals surface area contributed by atoms with E-state index in [0.29, 0.717) is 5.65 Å². The molecule has 2 aromatic rings. The summed E-state index contributed by atoms with van der Waals surface area (Å²) >= 11 is 1.47. The number of hydrogen-bond donors (Lipinski definition) is 0. The van der Waals surface area contributed by atoms with Crippen LogP contribution < -0.4 is 0 Å². The molecule has 0 spiro atoms. The van der Waals surface area contributed by atoms with E-state index in [-0.39, 0.29) is 0 Å². The zero-order valence-corrected chi connectivity index (χ0v) is 5.22. The fourth-order valence-electron chi connectivity index (χ4n) is 0.577. The second-order valence-electron chi connectivity index (χ2n) is 1.48. The van der Waals surface area contributed by atoms with Crippen LogP contribution in [0.2, 0.25) is 0 Å². The van der Waals surface area contributed by atoms with Crippen LogP contribution in [0.3, 0.4) is 0 Å². The van der Waals surface area contributed by atoms with Crippen molar-refractivity contribution in [2.75, 3.05) is 0 Å². The third-order valence-corrected chi connectivity index (χ3v) is 1.65. The van der Waals surface area contributed by atoms with Crippen molar-refractivity contribution in [3.63, 3.8) is 0 Å². The SMILES string of the molecule is [c]1cnc2ncsc2n1. The van der Waals surface area contributed by atoms with Gasteiger partial charge in [0.25, 0.3) is 0 Å². The van der Waals surface area contributed by atoms with E-state index in [4.69, 9.17) is 0 Å². The third kappa shape index (κ3) is 0.675. The molecule has 2 heterocycles. The molecular formula is C5H2N3S. The summed E-state index contributed by atoms with van der Waals surface area (Å²) in [5.74, 6) is 0. The van der Waals surface area contributed by atoms with Crippen LogP contribution in [0.25, 0.3) is 10.5 Å².